The van der Waals surface area contributed by atoms with Gasteiger partial charge in [0.1, 0.15) is 6.10 Å². The molecule has 13 heteroatoms. The van der Waals surface area contributed by atoms with E-state index < -0.39 is 53.7 Å². The molecule has 1 saturated heterocycles. The number of carbonyl (C=O) groups excluding carboxylic acids is 3. The number of rotatable bonds is 22. The van der Waals surface area contributed by atoms with E-state index in [9.17, 15) is 24.6 Å². The normalized spacial score (nSPS) is 22.2. The molecule has 1 rings (SSSR count). The van der Waals surface area contributed by atoms with Crippen LogP contribution in [0, 0.1) is 5.41 Å². The van der Waals surface area contributed by atoms with E-state index in [-0.39, 0.29) is 44.7 Å². The Balaban J connectivity index is 2.94. The second-order valence-corrected chi connectivity index (χ2v) is 12.0. The van der Waals surface area contributed by atoms with E-state index in [1.54, 1.807) is 45.9 Å². The number of aliphatic hydroxyl groups excluding tert-OH is 2. The highest BCUT2D eigenvalue weighted by molar-refractivity contribution is 5.83. The Morgan fingerprint density at radius 2 is 1.77 bits per heavy atom. The zero-order chi connectivity index (χ0) is 35.6. The van der Waals surface area contributed by atoms with Crippen molar-refractivity contribution in [3.63, 3.8) is 0 Å². The molecule has 1 heterocycles. The predicted molar refractivity (Wildman–Crippen MR) is 172 cm³/mol. The fourth-order valence-electron chi connectivity index (χ4n) is 5.04. The second kappa shape index (κ2) is 21.3. The Hall–Kier alpha value is -2.65. The molecule has 0 bridgehead atoms. The van der Waals surface area contributed by atoms with Crippen molar-refractivity contribution >= 4 is 17.9 Å². The van der Waals surface area contributed by atoms with Gasteiger partial charge in [-0.15, -0.1) is 6.58 Å². The van der Waals surface area contributed by atoms with Crippen molar-refractivity contribution in [3.05, 3.63) is 36.5 Å². The van der Waals surface area contributed by atoms with Gasteiger partial charge in [0, 0.05) is 45.2 Å². The van der Waals surface area contributed by atoms with Gasteiger partial charge in [0.2, 0.25) is 5.79 Å². The third-order valence-corrected chi connectivity index (χ3v) is 7.94. The van der Waals surface area contributed by atoms with Gasteiger partial charge in [-0.3, -0.25) is 9.59 Å². The standard InChI is InChI=1S/C34H56O13/c1-9-12-27-21-28(15-18-43-17-14-25(37)20-30(39)45-26(11-3)22-35)47-31(46-27)13-16-33(5,6)34(40,42-8)32(44-23(4)36)24(10-2)19-29(38)41-7/h9,13,16,19,25-28,31-32,35,37,40H,1,10-12,14-15,17-18,20-22H2,2-8H3/b16-13+,24-19+/t25-,26-,27+,28-,31+,32+,34-/m1/s1. The smallest absolute Gasteiger partial charge is 0.330 e. The molecular formula is C34H56O13. The summed E-state index contributed by atoms with van der Waals surface area (Å²) in [5, 5.41) is 31.2. The van der Waals surface area contributed by atoms with Crippen molar-refractivity contribution < 1.29 is 62.9 Å². The van der Waals surface area contributed by atoms with E-state index in [2.05, 4.69) is 6.58 Å². The van der Waals surface area contributed by atoms with Gasteiger partial charge in [0.25, 0.3) is 0 Å². The zero-order valence-electron chi connectivity index (χ0n) is 29.0. The van der Waals surface area contributed by atoms with Crippen LogP contribution in [0.3, 0.4) is 0 Å². The molecule has 0 amide bonds. The van der Waals surface area contributed by atoms with E-state index in [1.165, 1.54) is 27.2 Å². The summed E-state index contributed by atoms with van der Waals surface area (Å²) in [5.74, 6) is -4.02. The van der Waals surface area contributed by atoms with Gasteiger partial charge < -0.3 is 48.5 Å². The molecule has 0 aromatic rings. The summed E-state index contributed by atoms with van der Waals surface area (Å²) in [6.45, 7) is 12.2. The maximum Gasteiger partial charge on any atom is 0.330 e. The number of ether oxygens (including phenoxy) is 7. The number of carbonyl (C=O) groups is 3. The maximum absolute atomic E-state index is 12.1. The van der Waals surface area contributed by atoms with Crippen LogP contribution < -0.4 is 0 Å². The van der Waals surface area contributed by atoms with Crippen LogP contribution in [-0.4, -0.2) is 110 Å². The van der Waals surface area contributed by atoms with Crippen LogP contribution in [0.4, 0.5) is 0 Å². The Labute approximate surface area is 278 Å². The van der Waals surface area contributed by atoms with Crippen molar-refractivity contribution in [2.75, 3.05) is 34.0 Å². The molecule has 0 aliphatic carbocycles. The molecule has 0 spiro atoms. The van der Waals surface area contributed by atoms with Crippen molar-refractivity contribution in [3.8, 4) is 0 Å². The Bertz CT molecular complexity index is 1040. The summed E-state index contributed by atoms with van der Waals surface area (Å²) in [7, 11) is 2.50. The molecule has 0 unspecified atom stereocenters. The van der Waals surface area contributed by atoms with Crippen LogP contribution in [-0.2, 0) is 47.5 Å². The van der Waals surface area contributed by atoms with Gasteiger partial charge in [0.05, 0.1) is 38.4 Å². The third kappa shape index (κ3) is 14.2. The largest absolute Gasteiger partial charge is 0.466 e. The molecule has 47 heavy (non-hydrogen) atoms. The van der Waals surface area contributed by atoms with Crippen LogP contribution in [0.1, 0.15) is 79.6 Å². The van der Waals surface area contributed by atoms with E-state index in [4.69, 9.17) is 38.3 Å². The lowest BCUT2D eigenvalue weighted by Crippen LogP contribution is -2.57. The van der Waals surface area contributed by atoms with E-state index in [0.717, 1.165) is 0 Å². The summed E-state index contributed by atoms with van der Waals surface area (Å²) >= 11 is 0. The van der Waals surface area contributed by atoms with Crippen molar-refractivity contribution in [2.45, 2.75) is 122 Å². The first-order valence-electron chi connectivity index (χ1n) is 16.1. The van der Waals surface area contributed by atoms with Gasteiger partial charge in [-0.2, -0.15) is 0 Å². The minimum atomic E-state index is -2.11. The van der Waals surface area contributed by atoms with Gasteiger partial charge in [-0.1, -0.05) is 39.8 Å². The van der Waals surface area contributed by atoms with Crippen LogP contribution in [0.2, 0.25) is 0 Å². The number of esters is 3. The molecule has 7 atom stereocenters. The maximum atomic E-state index is 12.1. The predicted octanol–water partition coefficient (Wildman–Crippen LogP) is 3.28. The molecule has 13 nitrogen and oxygen atoms in total. The molecule has 1 fully saturated rings. The summed E-state index contributed by atoms with van der Waals surface area (Å²) in [6.07, 6.45) is 4.71. The molecule has 0 saturated carbocycles. The van der Waals surface area contributed by atoms with Crippen LogP contribution in [0.15, 0.2) is 36.5 Å². The first kappa shape index (κ1) is 42.4. The number of methoxy groups -OCH3 is 2. The number of aliphatic hydroxyl groups is 3. The van der Waals surface area contributed by atoms with Crippen LogP contribution in [0.25, 0.3) is 0 Å². The Morgan fingerprint density at radius 1 is 1.09 bits per heavy atom. The van der Waals surface area contributed by atoms with Crippen LogP contribution >= 0.6 is 0 Å². The second-order valence-electron chi connectivity index (χ2n) is 12.0. The number of hydrogen-bond donors (Lipinski definition) is 3. The molecule has 0 radical (unpaired) electrons. The van der Waals surface area contributed by atoms with Crippen molar-refractivity contribution in [1.82, 2.24) is 0 Å². The molecule has 270 valence electrons. The number of hydrogen-bond acceptors (Lipinski definition) is 13. The lowest BCUT2D eigenvalue weighted by molar-refractivity contribution is -0.283. The highest BCUT2D eigenvalue weighted by atomic mass is 16.7. The first-order valence-corrected chi connectivity index (χ1v) is 16.1. The van der Waals surface area contributed by atoms with Gasteiger partial charge in [0.15, 0.2) is 12.4 Å². The molecule has 0 aromatic heterocycles. The highest BCUT2D eigenvalue weighted by Crippen LogP contribution is 2.41. The zero-order valence-corrected chi connectivity index (χ0v) is 29.0. The lowest BCUT2D eigenvalue weighted by atomic mass is 9.76. The fourth-order valence-corrected chi connectivity index (χ4v) is 5.04. The molecule has 1 aliphatic heterocycles. The van der Waals surface area contributed by atoms with Crippen molar-refractivity contribution in [2.24, 2.45) is 5.41 Å². The Morgan fingerprint density at radius 3 is 2.32 bits per heavy atom. The minimum Gasteiger partial charge on any atom is -0.466 e. The van der Waals surface area contributed by atoms with Crippen molar-refractivity contribution in [1.29, 1.82) is 0 Å². The average Bonchev–Trinajstić information content (AvgIpc) is 3.03. The molecular weight excluding hydrogens is 616 g/mol. The summed E-state index contributed by atoms with van der Waals surface area (Å²) in [4.78, 5) is 36.0. The lowest BCUT2D eigenvalue weighted by Gasteiger charge is -2.45. The average molecular weight is 673 g/mol. The summed E-state index contributed by atoms with van der Waals surface area (Å²) < 4.78 is 38.9. The SMILES string of the molecule is C=CC[C@H]1C[C@@H](CCOCC[C@@H](O)CC(=O)O[C@H](CC)CO)O[C@@H](/C=C/C(C)(C)[C@](O)(OC)[C@@H](OC(C)=O)/C(=C/C(=O)OC)CC)O1. The summed E-state index contributed by atoms with van der Waals surface area (Å²) in [5.41, 5.74) is -0.903. The summed E-state index contributed by atoms with van der Waals surface area (Å²) in [6, 6.07) is 0. The topological polar surface area (TPSA) is 177 Å². The van der Waals surface area contributed by atoms with E-state index >= 15 is 0 Å². The molecule has 1 aliphatic rings. The molecule has 3 N–H and O–H groups in total. The fraction of sp³-hybridized carbons (Fsp3) is 0.735. The van der Waals surface area contributed by atoms with Gasteiger partial charge >= 0.3 is 17.9 Å². The van der Waals surface area contributed by atoms with Crippen LogP contribution in [0.5, 0.6) is 0 Å². The highest BCUT2D eigenvalue weighted by Gasteiger charge is 2.52. The van der Waals surface area contributed by atoms with Gasteiger partial charge in [-0.05, 0) is 43.8 Å². The Kier molecular flexibility index (Phi) is 19.2. The molecule has 0 aromatic carbocycles. The van der Waals surface area contributed by atoms with E-state index in [0.29, 0.717) is 37.9 Å². The quantitative estimate of drug-likeness (QED) is 0.0382. The van der Waals surface area contributed by atoms with Gasteiger partial charge in [-0.25, -0.2) is 4.79 Å². The third-order valence-electron chi connectivity index (χ3n) is 7.94. The van der Waals surface area contributed by atoms with E-state index in [1.807, 2.05) is 0 Å². The monoisotopic (exact) mass is 672 g/mol. The minimum absolute atomic E-state index is 0.183. The first-order chi connectivity index (χ1) is 22.2.